The molecule has 0 heterocycles. The van der Waals surface area contributed by atoms with Crippen LogP contribution in [0.4, 0.5) is 0 Å². The number of aliphatic hydroxyl groups is 7. The third-order valence-corrected chi connectivity index (χ3v) is 2.60. The average Bonchev–Trinajstić information content (AvgIpc) is 2.40. The zero-order valence-corrected chi connectivity index (χ0v) is 12.1. The Labute approximate surface area is 122 Å². The molecule has 0 fully saturated rings. The van der Waals surface area contributed by atoms with Crippen molar-refractivity contribution < 1.29 is 45.3 Å². The van der Waals surface area contributed by atoms with Gasteiger partial charge >= 0.3 is 5.97 Å². The molecule has 0 aliphatic carbocycles. The van der Waals surface area contributed by atoms with Crippen molar-refractivity contribution in [2.24, 2.45) is 0 Å². The smallest absolute Gasteiger partial charge is 0.338 e. The van der Waals surface area contributed by atoms with E-state index in [1.807, 2.05) is 0 Å². The summed E-state index contributed by atoms with van der Waals surface area (Å²) in [6.45, 7) is 3.68. The summed E-state index contributed by atoms with van der Waals surface area (Å²) in [5, 5.41) is 65.4. The second-order valence-electron chi connectivity index (χ2n) is 5.69. The van der Waals surface area contributed by atoms with Crippen LogP contribution in [-0.4, -0.2) is 90.5 Å². The van der Waals surface area contributed by atoms with Gasteiger partial charge in [-0.3, -0.25) is 0 Å². The third kappa shape index (κ3) is 6.22. The quantitative estimate of drug-likeness (QED) is 0.236. The zero-order chi connectivity index (χ0) is 17.0. The molecule has 6 atom stereocenters. The lowest BCUT2D eigenvalue weighted by molar-refractivity contribution is -0.186. The lowest BCUT2D eigenvalue weighted by Crippen LogP contribution is -2.54. The Hall–Kier alpha value is -0.810. The average molecular weight is 312 g/mol. The molecule has 21 heavy (non-hydrogen) atoms. The van der Waals surface area contributed by atoms with Crippen LogP contribution in [0.3, 0.4) is 0 Å². The van der Waals surface area contributed by atoms with E-state index in [4.69, 9.17) is 14.9 Å². The highest BCUT2D eigenvalue weighted by Gasteiger charge is 2.40. The summed E-state index contributed by atoms with van der Waals surface area (Å²) >= 11 is 0. The molecule has 0 aromatic carbocycles. The number of ether oxygens (including phenoxy) is 1. The number of hydrogen-bond donors (Lipinski definition) is 7. The van der Waals surface area contributed by atoms with E-state index >= 15 is 0 Å². The van der Waals surface area contributed by atoms with Crippen LogP contribution in [0.2, 0.25) is 0 Å². The van der Waals surface area contributed by atoms with Gasteiger partial charge in [0.2, 0.25) is 0 Å². The fourth-order valence-corrected chi connectivity index (χ4v) is 1.43. The second-order valence-corrected chi connectivity index (χ2v) is 5.69. The summed E-state index contributed by atoms with van der Waals surface area (Å²) < 4.78 is 4.79. The monoisotopic (exact) mass is 312 g/mol. The van der Waals surface area contributed by atoms with Crippen LogP contribution < -0.4 is 0 Å². The molecule has 0 aromatic rings. The molecule has 0 saturated heterocycles. The number of hydrogen-bond acceptors (Lipinski definition) is 9. The first-order valence-electron chi connectivity index (χ1n) is 6.34. The summed E-state index contributed by atoms with van der Waals surface area (Å²) in [5.41, 5.74) is -0.937. The number of carbonyl (C=O) groups is 1. The van der Waals surface area contributed by atoms with Gasteiger partial charge in [0, 0.05) is 0 Å². The molecule has 0 aromatic heterocycles. The first kappa shape index (κ1) is 20.2. The molecule has 0 spiro atoms. The van der Waals surface area contributed by atoms with Gasteiger partial charge < -0.3 is 40.5 Å². The number of aliphatic hydroxyl groups excluding tert-OH is 7. The molecule has 0 bridgehead atoms. The fourth-order valence-electron chi connectivity index (χ4n) is 1.43. The largest absolute Gasteiger partial charge is 0.458 e. The molecule has 0 saturated carbocycles. The van der Waals surface area contributed by atoms with Crippen LogP contribution in [0.15, 0.2) is 0 Å². The number of carbonyl (C=O) groups excluding carboxylic acids is 1. The van der Waals surface area contributed by atoms with Crippen LogP contribution in [0.25, 0.3) is 0 Å². The van der Waals surface area contributed by atoms with E-state index in [0.29, 0.717) is 0 Å². The maximum Gasteiger partial charge on any atom is 0.338 e. The van der Waals surface area contributed by atoms with Crippen LogP contribution in [0, 0.1) is 0 Å². The van der Waals surface area contributed by atoms with Crippen molar-refractivity contribution in [2.75, 3.05) is 6.61 Å². The van der Waals surface area contributed by atoms with Crippen molar-refractivity contribution in [2.45, 2.75) is 63.0 Å². The molecule has 7 N–H and O–H groups in total. The van der Waals surface area contributed by atoms with Crippen LogP contribution in [0.5, 0.6) is 0 Å². The van der Waals surface area contributed by atoms with Crippen molar-refractivity contribution in [3.8, 4) is 0 Å². The Bertz CT molecular complexity index is 327. The van der Waals surface area contributed by atoms with E-state index in [1.165, 1.54) is 20.8 Å². The van der Waals surface area contributed by atoms with Gasteiger partial charge in [-0.05, 0) is 20.8 Å². The van der Waals surface area contributed by atoms with E-state index in [9.17, 15) is 30.3 Å². The SMILES string of the molecule is CC(C)(C)OC(=O)[C@H](O)[C@@H](O)[C@@H](O)[C@H](O)[C@H](O)[C@@H](O)CO. The summed E-state index contributed by atoms with van der Waals surface area (Å²) in [5.74, 6) is -1.22. The first-order chi connectivity index (χ1) is 9.42. The van der Waals surface area contributed by atoms with Gasteiger partial charge in [0.25, 0.3) is 0 Å². The van der Waals surface area contributed by atoms with E-state index in [0.717, 1.165) is 0 Å². The summed E-state index contributed by atoms with van der Waals surface area (Å²) in [6.07, 6.45) is -12.3. The summed E-state index contributed by atoms with van der Waals surface area (Å²) in [4.78, 5) is 11.5. The molecule has 0 aliphatic heterocycles. The normalized spacial score (nSPS) is 21.0. The van der Waals surface area contributed by atoms with Crippen molar-refractivity contribution in [1.29, 1.82) is 0 Å². The van der Waals surface area contributed by atoms with Gasteiger partial charge in [0.05, 0.1) is 6.61 Å². The van der Waals surface area contributed by atoms with Crippen molar-refractivity contribution in [3.63, 3.8) is 0 Å². The van der Waals surface area contributed by atoms with E-state index < -0.39 is 54.8 Å². The highest BCUT2D eigenvalue weighted by molar-refractivity contribution is 5.75. The van der Waals surface area contributed by atoms with Crippen LogP contribution >= 0.6 is 0 Å². The second kappa shape index (κ2) is 7.99. The molecule has 9 heteroatoms. The van der Waals surface area contributed by atoms with E-state index in [-0.39, 0.29) is 0 Å². The maximum atomic E-state index is 11.5. The van der Waals surface area contributed by atoms with Crippen molar-refractivity contribution in [1.82, 2.24) is 0 Å². The minimum absolute atomic E-state index is 0.893. The fraction of sp³-hybridized carbons (Fsp3) is 0.917. The molecular formula is C12H24O9. The van der Waals surface area contributed by atoms with E-state index in [1.54, 1.807) is 0 Å². The predicted molar refractivity (Wildman–Crippen MR) is 69.0 cm³/mol. The van der Waals surface area contributed by atoms with Gasteiger partial charge in [-0.25, -0.2) is 4.79 Å². The molecule has 0 rings (SSSR count). The molecule has 0 radical (unpaired) electrons. The first-order valence-corrected chi connectivity index (χ1v) is 6.34. The minimum atomic E-state index is -2.16. The molecule has 0 amide bonds. The molecular weight excluding hydrogens is 288 g/mol. The van der Waals surface area contributed by atoms with Gasteiger partial charge in [-0.2, -0.15) is 0 Å². The van der Waals surface area contributed by atoms with Crippen LogP contribution in [-0.2, 0) is 9.53 Å². The Morgan fingerprint density at radius 2 is 1.33 bits per heavy atom. The molecule has 9 nitrogen and oxygen atoms in total. The van der Waals surface area contributed by atoms with Crippen molar-refractivity contribution in [3.05, 3.63) is 0 Å². The Morgan fingerprint density at radius 3 is 1.71 bits per heavy atom. The van der Waals surface area contributed by atoms with Gasteiger partial charge in [0.1, 0.15) is 36.1 Å². The lowest BCUT2D eigenvalue weighted by Gasteiger charge is -2.30. The highest BCUT2D eigenvalue weighted by Crippen LogP contribution is 2.14. The number of rotatable bonds is 7. The Balaban J connectivity index is 4.75. The zero-order valence-electron chi connectivity index (χ0n) is 12.1. The topological polar surface area (TPSA) is 168 Å². The van der Waals surface area contributed by atoms with Crippen molar-refractivity contribution >= 4 is 5.97 Å². The summed E-state index contributed by atoms with van der Waals surface area (Å²) in [7, 11) is 0. The molecule has 126 valence electrons. The van der Waals surface area contributed by atoms with E-state index in [2.05, 4.69) is 0 Å². The third-order valence-electron chi connectivity index (χ3n) is 2.60. The lowest BCUT2D eigenvalue weighted by atomic mass is 9.96. The summed E-state index contributed by atoms with van der Waals surface area (Å²) in [6, 6.07) is 0. The van der Waals surface area contributed by atoms with Crippen LogP contribution in [0.1, 0.15) is 20.8 Å². The highest BCUT2D eigenvalue weighted by atomic mass is 16.6. The Morgan fingerprint density at radius 1 is 0.905 bits per heavy atom. The standard InChI is InChI=1S/C12H24O9/c1-12(2,3)21-11(20)10(19)9(18)8(17)7(16)6(15)5(14)4-13/h5-10,13-19H,4H2,1-3H3/t5-,6+,7+,8-,9-,10+/m0/s1. The van der Waals surface area contributed by atoms with Gasteiger partial charge in [-0.15, -0.1) is 0 Å². The Kier molecular flexibility index (Phi) is 7.68. The molecule has 0 aliphatic rings. The van der Waals surface area contributed by atoms with Gasteiger partial charge in [-0.1, -0.05) is 0 Å². The number of esters is 1. The predicted octanol–water partition coefficient (Wildman–Crippen LogP) is -3.51. The van der Waals surface area contributed by atoms with Gasteiger partial charge in [0.15, 0.2) is 6.10 Å². The minimum Gasteiger partial charge on any atom is -0.458 e. The molecule has 0 unspecified atom stereocenters. The maximum absolute atomic E-state index is 11.5.